The molecule has 0 saturated carbocycles. The third-order valence-electron chi connectivity index (χ3n) is 6.46. The van der Waals surface area contributed by atoms with Crippen molar-refractivity contribution in [3.63, 3.8) is 0 Å². The molecule has 35 heavy (non-hydrogen) atoms. The van der Waals surface area contributed by atoms with Gasteiger partial charge in [-0.1, -0.05) is 6.07 Å². The molecule has 4 heterocycles. The number of aromatic amines is 1. The van der Waals surface area contributed by atoms with Gasteiger partial charge in [-0.05, 0) is 48.0 Å². The summed E-state index contributed by atoms with van der Waals surface area (Å²) in [6.45, 7) is 1.39. The Labute approximate surface area is 201 Å². The monoisotopic (exact) mass is 466 g/mol. The van der Waals surface area contributed by atoms with Gasteiger partial charge in [0.1, 0.15) is 12.4 Å². The lowest BCUT2D eigenvalue weighted by atomic mass is 10.0. The molecule has 4 aromatic rings. The highest BCUT2D eigenvalue weighted by Gasteiger charge is 2.33. The zero-order valence-electron chi connectivity index (χ0n) is 19.1. The lowest BCUT2D eigenvalue weighted by molar-refractivity contribution is -0.133. The maximum absolute atomic E-state index is 13.0. The Morgan fingerprint density at radius 3 is 2.97 bits per heavy atom. The van der Waals surface area contributed by atoms with Crippen LogP contribution in [0.4, 0.5) is 0 Å². The highest BCUT2D eigenvalue weighted by atomic mass is 16.5. The van der Waals surface area contributed by atoms with Crippen molar-refractivity contribution in [1.29, 1.82) is 5.26 Å². The van der Waals surface area contributed by atoms with E-state index >= 15 is 0 Å². The third-order valence-corrected chi connectivity index (χ3v) is 6.46. The van der Waals surface area contributed by atoms with Crippen LogP contribution in [-0.4, -0.2) is 56.6 Å². The summed E-state index contributed by atoms with van der Waals surface area (Å²) in [6.07, 6.45) is 5.54. The van der Waals surface area contributed by atoms with E-state index in [0.29, 0.717) is 48.9 Å². The summed E-state index contributed by atoms with van der Waals surface area (Å²) in [4.78, 5) is 14.8. The summed E-state index contributed by atoms with van der Waals surface area (Å²) in [5.41, 5.74) is 4.69. The molecule has 1 unspecified atom stereocenters. The Morgan fingerprint density at radius 1 is 1.17 bits per heavy atom. The fourth-order valence-electron chi connectivity index (χ4n) is 4.60. The second-order valence-electron chi connectivity index (χ2n) is 8.62. The van der Waals surface area contributed by atoms with Gasteiger partial charge in [0, 0.05) is 31.0 Å². The maximum Gasteiger partial charge on any atom is 0.263 e. The van der Waals surface area contributed by atoms with Crippen LogP contribution in [0.2, 0.25) is 0 Å². The predicted molar refractivity (Wildman–Crippen MR) is 129 cm³/mol. The van der Waals surface area contributed by atoms with E-state index in [1.165, 1.54) is 0 Å². The molecule has 1 atom stereocenters. The Morgan fingerprint density at radius 2 is 2.09 bits per heavy atom. The van der Waals surface area contributed by atoms with Gasteiger partial charge in [-0.15, -0.1) is 0 Å². The largest absolute Gasteiger partial charge is 0.480 e. The van der Waals surface area contributed by atoms with Gasteiger partial charge in [0.05, 0.1) is 41.1 Å². The lowest BCUT2D eigenvalue weighted by Crippen LogP contribution is -2.35. The van der Waals surface area contributed by atoms with E-state index in [0.717, 1.165) is 27.7 Å². The van der Waals surface area contributed by atoms with E-state index < -0.39 is 6.10 Å². The first-order valence-electron chi connectivity index (χ1n) is 11.4. The van der Waals surface area contributed by atoms with E-state index in [4.69, 9.17) is 9.47 Å². The SMILES string of the molecule is Cn1ncc2c1OCCN1CCC(Oc3ccc(C#N)cc3/C=C/c3n[nH]c4ccc-2cc34)C1=O. The van der Waals surface area contributed by atoms with Crippen molar-refractivity contribution in [2.45, 2.75) is 12.5 Å². The summed E-state index contributed by atoms with van der Waals surface area (Å²) < 4.78 is 14.0. The minimum absolute atomic E-state index is 0.0666. The van der Waals surface area contributed by atoms with Crippen LogP contribution in [0.15, 0.2) is 42.6 Å². The number of hydrogen-bond acceptors (Lipinski definition) is 6. The van der Waals surface area contributed by atoms with Gasteiger partial charge < -0.3 is 14.4 Å². The van der Waals surface area contributed by atoms with Crippen molar-refractivity contribution in [3.05, 3.63) is 59.4 Å². The molecule has 2 aliphatic rings. The number of rotatable bonds is 0. The number of aryl methyl sites for hydroxylation is 1. The van der Waals surface area contributed by atoms with E-state index in [-0.39, 0.29) is 5.91 Å². The first-order valence-corrected chi connectivity index (χ1v) is 11.4. The number of nitrogens with zero attached hydrogens (tertiary/aromatic N) is 5. The second-order valence-corrected chi connectivity index (χ2v) is 8.62. The highest BCUT2D eigenvalue weighted by Crippen LogP contribution is 2.33. The average Bonchev–Trinajstić information content (AvgIpc) is 3.55. The van der Waals surface area contributed by atoms with Crippen LogP contribution in [0.5, 0.6) is 11.6 Å². The zero-order chi connectivity index (χ0) is 23.9. The minimum Gasteiger partial charge on any atom is -0.480 e. The molecule has 1 amide bonds. The Kier molecular flexibility index (Phi) is 4.99. The zero-order valence-corrected chi connectivity index (χ0v) is 19.1. The van der Waals surface area contributed by atoms with Crippen molar-refractivity contribution >= 4 is 29.0 Å². The molecule has 4 bridgehead atoms. The van der Waals surface area contributed by atoms with Crippen molar-refractivity contribution in [1.82, 2.24) is 24.9 Å². The van der Waals surface area contributed by atoms with Crippen LogP contribution < -0.4 is 9.47 Å². The van der Waals surface area contributed by atoms with Gasteiger partial charge in [-0.3, -0.25) is 9.89 Å². The molecule has 1 fully saturated rings. The van der Waals surface area contributed by atoms with E-state index in [1.54, 1.807) is 34.0 Å². The van der Waals surface area contributed by atoms with Crippen LogP contribution in [-0.2, 0) is 11.8 Å². The second kappa shape index (κ2) is 8.33. The van der Waals surface area contributed by atoms with Gasteiger partial charge in [0.15, 0.2) is 6.10 Å². The molecule has 6 rings (SSSR count). The van der Waals surface area contributed by atoms with Gasteiger partial charge in [0.25, 0.3) is 5.91 Å². The molecule has 2 aromatic carbocycles. The molecular weight excluding hydrogens is 444 g/mol. The van der Waals surface area contributed by atoms with Gasteiger partial charge in [-0.2, -0.15) is 15.5 Å². The molecule has 9 nitrogen and oxygen atoms in total. The van der Waals surface area contributed by atoms with E-state index in [1.807, 2.05) is 31.3 Å². The number of amides is 1. The first kappa shape index (κ1) is 21.0. The van der Waals surface area contributed by atoms with Crippen LogP contribution in [0.1, 0.15) is 23.2 Å². The third kappa shape index (κ3) is 3.69. The Balaban J connectivity index is 1.49. The molecule has 2 aliphatic heterocycles. The van der Waals surface area contributed by atoms with Gasteiger partial charge >= 0.3 is 0 Å². The number of carbonyl (C=O) groups excluding carboxylic acids is 1. The number of ether oxygens (including phenoxy) is 2. The molecule has 0 aliphatic carbocycles. The maximum atomic E-state index is 13.0. The fraction of sp³-hybridized carbons (Fsp3) is 0.231. The molecule has 0 radical (unpaired) electrons. The lowest BCUT2D eigenvalue weighted by Gasteiger charge is -2.18. The topological polar surface area (TPSA) is 109 Å². The average molecular weight is 467 g/mol. The number of carbonyl (C=O) groups is 1. The minimum atomic E-state index is -0.579. The predicted octanol–water partition coefficient (Wildman–Crippen LogP) is 3.38. The fourth-order valence-corrected chi connectivity index (χ4v) is 4.60. The molecule has 2 aromatic heterocycles. The molecule has 0 spiro atoms. The van der Waals surface area contributed by atoms with Crippen LogP contribution >= 0.6 is 0 Å². The Hall–Kier alpha value is -4.58. The van der Waals surface area contributed by atoms with Crippen LogP contribution in [0, 0.1) is 11.3 Å². The highest BCUT2D eigenvalue weighted by molar-refractivity contribution is 5.93. The summed E-state index contributed by atoms with van der Waals surface area (Å²) >= 11 is 0. The van der Waals surface area contributed by atoms with Crippen LogP contribution in [0.3, 0.4) is 0 Å². The van der Waals surface area contributed by atoms with Crippen molar-refractivity contribution < 1.29 is 14.3 Å². The summed E-state index contributed by atoms with van der Waals surface area (Å²) in [7, 11) is 1.84. The summed E-state index contributed by atoms with van der Waals surface area (Å²) in [5.74, 6) is 1.13. The summed E-state index contributed by atoms with van der Waals surface area (Å²) in [6, 6.07) is 13.4. The summed E-state index contributed by atoms with van der Waals surface area (Å²) in [5, 5.41) is 22.3. The van der Waals surface area contributed by atoms with Crippen LogP contribution in [0.25, 0.3) is 34.2 Å². The van der Waals surface area contributed by atoms with Crippen molar-refractivity contribution in [3.8, 4) is 28.8 Å². The number of fused-ring (bicyclic) bond motifs is 6. The molecular formula is C26H22N6O3. The van der Waals surface area contributed by atoms with Gasteiger partial charge in [-0.25, -0.2) is 4.68 Å². The smallest absolute Gasteiger partial charge is 0.263 e. The number of aromatic nitrogens is 4. The van der Waals surface area contributed by atoms with Gasteiger partial charge in [0.2, 0.25) is 5.88 Å². The molecule has 9 heteroatoms. The quantitative estimate of drug-likeness (QED) is 0.426. The standard InChI is InChI=1S/C26H22N6O3/c1-31-26-20(15-28-31)17-3-5-21-19(13-17)22(30-29-21)6-4-18-12-16(14-27)2-7-23(18)35-24-8-9-32(25(24)33)10-11-34-26/h2-7,12-13,15,24H,8-11H2,1H3,(H,29,30)/b6-4+. The van der Waals surface area contributed by atoms with E-state index in [2.05, 4.69) is 27.4 Å². The van der Waals surface area contributed by atoms with Crippen molar-refractivity contribution in [2.24, 2.45) is 7.05 Å². The molecule has 1 saturated heterocycles. The number of hydrogen-bond donors (Lipinski definition) is 1. The van der Waals surface area contributed by atoms with Crippen molar-refractivity contribution in [2.75, 3.05) is 19.7 Å². The number of benzene rings is 2. The normalized spacial score (nSPS) is 18.3. The molecule has 174 valence electrons. The number of nitriles is 1. The molecule has 1 N–H and O–H groups in total. The number of nitrogens with one attached hydrogen (secondary N) is 1. The number of H-pyrrole nitrogens is 1. The Bertz CT molecular complexity index is 1530. The van der Waals surface area contributed by atoms with E-state index in [9.17, 15) is 10.1 Å². The first-order chi connectivity index (χ1) is 17.1.